The fourth-order valence-corrected chi connectivity index (χ4v) is 1.55. The maximum atomic E-state index is 10.4. The number of rotatable bonds is 3. The summed E-state index contributed by atoms with van der Waals surface area (Å²) in [7, 11) is 0. The summed E-state index contributed by atoms with van der Waals surface area (Å²) in [5.74, 6) is 0. The molecule has 1 fully saturated rings. The van der Waals surface area contributed by atoms with Crippen molar-refractivity contribution in [2.75, 3.05) is 19.7 Å². The van der Waals surface area contributed by atoms with Gasteiger partial charge in [0.1, 0.15) is 0 Å². The second kappa shape index (κ2) is 5.04. The van der Waals surface area contributed by atoms with Crippen molar-refractivity contribution >= 4 is 6.09 Å². The molecule has 13 heavy (non-hydrogen) atoms. The quantitative estimate of drug-likeness (QED) is 0.584. The largest absolute Gasteiger partial charge is 0.465 e. The van der Waals surface area contributed by atoms with Gasteiger partial charge in [-0.3, -0.25) is 0 Å². The van der Waals surface area contributed by atoms with Crippen molar-refractivity contribution in [3.05, 3.63) is 0 Å². The lowest BCUT2D eigenvalue weighted by Gasteiger charge is -2.31. The average molecular weight is 188 g/mol. The van der Waals surface area contributed by atoms with Gasteiger partial charge in [0.05, 0.1) is 12.1 Å². The van der Waals surface area contributed by atoms with Crippen LogP contribution in [0.3, 0.4) is 0 Å². The van der Waals surface area contributed by atoms with Crippen molar-refractivity contribution in [1.82, 2.24) is 10.6 Å². The van der Waals surface area contributed by atoms with Gasteiger partial charge in [0.15, 0.2) is 0 Å². The third-order valence-corrected chi connectivity index (χ3v) is 2.11. The van der Waals surface area contributed by atoms with Crippen LogP contribution in [-0.2, 0) is 4.74 Å². The molecule has 0 bridgehead atoms. The third-order valence-electron chi connectivity index (χ3n) is 2.11. The van der Waals surface area contributed by atoms with Gasteiger partial charge < -0.3 is 20.5 Å². The number of hydrogen-bond donors (Lipinski definition) is 3. The monoisotopic (exact) mass is 188 g/mol. The lowest BCUT2D eigenvalue weighted by Crippen LogP contribution is -2.54. The highest BCUT2D eigenvalue weighted by atomic mass is 16.5. The predicted molar refractivity (Wildman–Crippen MR) is 47.8 cm³/mol. The van der Waals surface area contributed by atoms with Crippen molar-refractivity contribution in [3.8, 4) is 0 Å². The molecule has 1 amide bonds. The molecule has 1 heterocycles. The van der Waals surface area contributed by atoms with Crippen LogP contribution in [-0.4, -0.2) is 43.0 Å². The van der Waals surface area contributed by atoms with Crippen LogP contribution in [0.15, 0.2) is 0 Å². The van der Waals surface area contributed by atoms with Gasteiger partial charge in [0, 0.05) is 13.2 Å². The summed E-state index contributed by atoms with van der Waals surface area (Å²) in [6.07, 6.45) is -0.112. The van der Waals surface area contributed by atoms with Gasteiger partial charge in [-0.15, -0.1) is 0 Å². The topological polar surface area (TPSA) is 70.6 Å². The lowest BCUT2D eigenvalue weighted by atomic mass is 10.0. The second-order valence-electron chi connectivity index (χ2n) is 3.04. The second-order valence-corrected chi connectivity index (χ2v) is 3.04. The van der Waals surface area contributed by atoms with E-state index in [4.69, 9.17) is 9.84 Å². The van der Waals surface area contributed by atoms with Crippen molar-refractivity contribution in [2.24, 2.45) is 0 Å². The predicted octanol–water partition coefficient (Wildman–Crippen LogP) is 0.0210. The molecule has 3 N–H and O–H groups in total. The molecule has 1 saturated heterocycles. The van der Waals surface area contributed by atoms with E-state index < -0.39 is 6.09 Å². The highest BCUT2D eigenvalue weighted by Crippen LogP contribution is 2.08. The van der Waals surface area contributed by atoms with Crippen LogP contribution in [0.5, 0.6) is 0 Å². The summed E-state index contributed by atoms with van der Waals surface area (Å²) in [5, 5.41) is 14.1. The summed E-state index contributed by atoms with van der Waals surface area (Å²) in [6.45, 7) is 4.09. The fraction of sp³-hybridized carbons (Fsp3) is 0.875. The Morgan fingerprint density at radius 3 is 3.15 bits per heavy atom. The molecule has 5 nitrogen and oxygen atoms in total. The Kier molecular flexibility index (Phi) is 3.98. The molecule has 1 rings (SSSR count). The molecule has 2 unspecified atom stereocenters. The zero-order chi connectivity index (χ0) is 9.68. The Hall–Kier alpha value is -0.810. The van der Waals surface area contributed by atoms with Crippen molar-refractivity contribution in [3.63, 3.8) is 0 Å². The van der Waals surface area contributed by atoms with Gasteiger partial charge >= 0.3 is 6.09 Å². The SMILES string of the molecule is CCOC1CCNCC1NC(=O)O. The van der Waals surface area contributed by atoms with Crippen LogP contribution >= 0.6 is 0 Å². The van der Waals surface area contributed by atoms with Crippen LogP contribution in [0.4, 0.5) is 4.79 Å². The first-order valence-corrected chi connectivity index (χ1v) is 4.55. The first kappa shape index (κ1) is 10.3. The van der Waals surface area contributed by atoms with Crippen LogP contribution in [0.1, 0.15) is 13.3 Å². The zero-order valence-electron chi connectivity index (χ0n) is 7.75. The Bertz CT molecular complexity index is 173. The molecule has 1 aliphatic rings. The van der Waals surface area contributed by atoms with E-state index in [1.54, 1.807) is 0 Å². The minimum Gasteiger partial charge on any atom is -0.465 e. The van der Waals surface area contributed by atoms with Gasteiger partial charge in [-0.25, -0.2) is 4.79 Å². The van der Waals surface area contributed by atoms with E-state index in [9.17, 15) is 4.79 Å². The zero-order valence-corrected chi connectivity index (χ0v) is 7.75. The first-order chi connectivity index (χ1) is 6.24. The molecule has 76 valence electrons. The summed E-state index contributed by atoms with van der Waals surface area (Å²) in [4.78, 5) is 10.4. The Morgan fingerprint density at radius 1 is 1.77 bits per heavy atom. The van der Waals surface area contributed by atoms with E-state index in [2.05, 4.69) is 10.6 Å². The summed E-state index contributed by atoms with van der Waals surface area (Å²) >= 11 is 0. The standard InChI is InChI=1S/C8H16N2O3/c1-2-13-7-3-4-9-5-6(7)10-8(11)12/h6-7,9-10H,2-5H2,1H3,(H,11,12). The van der Waals surface area contributed by atoms with Crippen LogP contribution < -0.4 is 10.6 Å². The molecular weight excluding hydrogens is 172 g/mol. The van der Waals surface area contributed by atoms with Gasteiger partial charge in [-0.1, -0.05) is 0 Å². The van der Waals surface area contributed by atoms with Crippen molar-refractivity contribution < 1.29 is 14.6 Å². The summed E-state index contributed by atoms with van der Waals surface area (Å²) in [6, 6.07) is -0.119. The van der Waals surface area contributed by atoms with Gasteiger partial charge in [0.25, 0.3) is 0 Å². The summed E-state index contributed by atoms with van der Waals surface area (Å²) < 4.78 is 5.43. The average Bonchev–Trinajstić information content (AvgIpc) is 2.08. The minimum atomic E-state index is -0.988. The maximum absolute atomic E-state index is 10.4. The Balaban J connectivity index is 2.41. The van der Waals surface area contributed by atoms with E-state index in [1.165, 1.54) is 0 Å². The molecule has 0 aliphatic carbocycles. The molecule has 1 aliphatic heterocycles. The Labute approximate surface area is 77.5 Å². The van der Waals surface area contributed by atoms with Crippen LogP contribution in [0, 0.1) is 0 Å². The van der Waals surface area contributed by atoms with Gasteiger partial charge in [-0.2, -0.15) is 0 Å². The third kappa shape index (κ3) is 3.20. The van der Waals surface area contributed by atoms with Gasteiger partial charge in [0.2, 0.25) is 0 Å². The van der Waals surface area contributed by atoms with Gasteiger partial charge in [-0.05, 0) is 19.9 Å². The van der Waals surface area contributed by atoms with Crippen molar-refractivity contribution in [1.29, 1.82) is 0 Å². The number of amides is 1. The lowest BCUT2D eigenvalue weighted by molar-refractivity contribution is 0.0186. The number of carboxylic acid groups (broad SMARTS) is 1. The van der Waals surface area contributed by atoms with Crippen molar-refractivity contribution in [2.45, 2.75) is 25.5 Å². The molecule has 0 radical (unpaired) electrons. The molecule has 0 aromatic heterocycles. The molecular formula is C8H16N2O3. The van der Waals surface area contributed by atoms with E-state index in [-0.39, 0.29) is 12.1 Å². The number of nitrogens with one attached hydrogen (secondary N) is 2. The first-order valence-electron chi connectivity index (χ1n) is 4.55. The minimum absolute atomic E-state index is 0.0161. The van der Waals surface area contributed by atoms with Crippen LogP contribution in [0.2, 0.25) is 0 Å². The smallest absolute Gasteiger partial charge is 0.405 e. The van der Waals surface area contributed by atoms with E-state index in [0.29, 0.717) is 13.2 Å². The maximum Gasteiger partial charge on any atom is 0.405 e. The molecule has 0 spiro atoms. The van der Waals surface area contributed by atoms with E-state index in [1.807, 2.05) is 6.92 Å². The number of carbonyl (C=O) groups is 1. The molecule has 0 aromatic carbocycles. The number of piperidine rings is 1. The highest BCUT2D eigenvalue weighted by molar-refractivity contribution is 5.65. The summed E-state index contributed by atoms with van der Waals surface area (Å²) in [5.41, 5.74) is 0. The molecule has 2 atom stereocenters. The van der Waals surface area contributed by atoms with E-state index in [0.717, 1.165) is 13.0 Å². The van der Waals surface area contributed by atoms with Crippen LogP contribution in [0.25, 0.3) is 0 Å². The number of hydrogen-bond acceptors (Lipinski definition) is 3. The molecule has 5 heteroatoms. The molecule has 0 saturated carbocycles. The fourth-order valence-electron chi connectivity index (χ4n) is 1.55. The highest BCUT2D eigenvalue weighted by Gasteiger charge is 2.26. The Morgan fingerprint density at radius 2 is 2.54 bits per heavy atom. The normalized spacial score (nSPS) is 28.4. The molecule has 0 aromatic rings. The number of ether oxygens (including phenoxy) is 1. The van der Waals surface area contributed by atoms with E-state index >= 15 is 0 Å².